The van der Waals surface area contributed by atoms with E-state index in [1.54, 1.807) is 0 Å². The average molecular weight is 826 g/mol. The topological polar surface area (TPSA) is 145 Å². The summed E-state index contributed by atoms with van der Waals surface area (Å²) in [6.07, 6.45) is 12.6. The van der Waals surface area contributed by atoms with Crippen LogP contribution in [0.5, 0.6) is 0 Å². The van der Waals surface area contributed by atoms with Crippen molar-refractivity contribution in [2.24, 2.45) is 7.05 Å². The number of fused-ring (bicyclic) bond motifs is 4. The number of aromatic amines is 4. The van der Waals surface area contributed by atoms with E-state index < -0.39 is 0 Å². The van der Waals surface area contributed by atoms with Gasteiger partial charge in [0.1, 0.15) is 17.2 Å². The van der Waals surface area contributed by atoms with E-state index >= 15 is 0 Å². The Hall–Kier alpha value is -7.89. The molecule has 0 radical (unpaired) electrons. The van der Waals surface area contributed by atoms with Gasteiger partial charge in [-0.05, 0) is 126 Å². The van der Waals surface area contributed by atoms with Crippen molar-refractivity contribution in [2.75, 3.05) is 13.1 Å². The second-order valence-electron chi connectivity index (χ2n) is 15.5. The number of pyridine rings is 2. The van der Waals surface area contributed by atoms with Gasteiger partial charge in [0, 0.05) is 76.5 Å². The molecule has 0 fully saturated rings. The number of H-pyrrole nitrogens is 4. The van der Waals surface area contributed by atoms with Crippen LogP contribution in [-0.4, -0.2) is 63.0 Å². The Morgan fingerprint density at radius 1 is 0.556 bits per heavy atom. The van der Waals surface area contributed by atoms with Gasteiger partial charge in [0.05, 0.1) is 34.3 Å². The van der Waals surface area contributed by atoms with Crippen molar-refractivity contribution in [3.8, 4) is 56.3 Å². The first-order valence-corrected chi connectivity index (χ1v) is 21.5. The van der Waals surface area contributed by atoms with Crippen LogP contribution in [0.25, 0.3) is 105 Å². The molecule has 1 aliphatic heterocycles. The molecule has 0 unspecified atom stereocenters. The lowest BCUT2D eigenvalue weighted by Crippen LogP contribution is -2.19. The highest BCUT2D eigenvalue weighted by molar-refractivity contribution is 6.03. The zero-order valence-corrected chi connectivity index (χ0v) is 35.7. The molecule has 0 saturated heterocycles. The molecule has 0 bridgehead atoms. The molecule has 5 N–H and O–H groups in total. The van der Waals surface area contributed by atoms with Gasteiger partial charge in [0.25, 0.3) is 0 Å². The Balaban J connectivity index is 0.000000144. The summed E-state index contributed by atoms with van der Waals surface area (Å²) in [6, 6.07) is 38.2. The molecule has 4 aromatic carbocycles. The maximum atomic E-state index is 4.65. The first-order chi connectivity index (χ1) is 31.1. The van der Waals surface area contributed by atoms with Gasteiger partial charge in [-0.1, -0.05) is 56.3 Å². The maximum Gasteiger partial charge on any atom is 0.116 e. The highest BCUT2D eigenvalue weighted by Gasteiger charge is 2.17. The Morgan fingerprint density at radius 2 is 1.10 bits per heavy atom. The lowest BCUT2D eigenvalue weighted by molar-refractivity contribution is 0.739. The molecule has 8 heterocycles. The van der Waals surface area contributed by atoms with Crippen LogP contribution in [0.3, 0.4) is 0 Å². The monoisotopic (exact) mass is 825 g/mol. The molecule has 310 valence electrons. The van der Waals surface area contributed by atoms with Gasteiger partial charge in [0.15, 0.2) is 0 Å². The highest BCUT2D eigenvalue weighted by Crippen LogP contribution is 2.37. The third-order valence-electron chi connectivity index (χ3n) is 11.9. The van der Waals surface area contributed by atoms with Crippen LogP contribution < -0.4 is 5.32 Å². The van der Waals surface area contributed by atoms with Gasteiger partial charge < -0.3 is 19.9 Å². The van der Waals surface area contributed by atoms with Crippen molar-refractivity contribution in [1.82, 2.24) is 55.2 Å². The average Bonchev–Trinajstić information content (AvgIpc) is 4.20. The summed E-state index contributed by atoms with van der Waals surface area (Å²) in [5, 5.41) is 23.6. The van der Waals surface area contributed by atoms with E-state index in [0.717, 1.165) is 103 Å². The quantitative estimate of drug-likeness (QED) is 0.113. The lowest BCUT2D eigenvalue weighted by atomic mass is 9.98. The number of nitrogens with one attached hydrogen (secondary N) is 5. The second kappa shape index (κ2) is 16.9. The number of nitrogens with zero attached hydrogens (tertiary/aromatic N) is 6. The molecule has 0 saturated carbocycles. The number of aryl methyl sites for hydroxylation is 1. The van der Waals surface area contributed by atoms with E-state index in [4.69, 9.17) is 0 Å². The molecule has 0 aliphatic carbocycles. The number of imidazole rings is 1. The first kappa shape index (κ1) is 39.3. The van der Waals surface area contributed by atoms with Crippen LogP contribution in [0.15, 0.2) is 146 Å². The predicted octanol–water partition coefficient (Wildman–Crippen LogP) is 11.7. The second-order valence-corrected chi connectivity index (χ2v) is 15.5. The smallest absolute Gasteiger partial charge is 0.116 e. The van der Waals surface area contributed by atoms with Crippen molar-refractivity contribution in [3.05, 3.63) is 158 Å². The van der Waals surface area contributed by atoms with Crippen molar-refractivity contribution in [3.63, 3.8) is 0 Å². The predicted molar refractivity (Wildman–Crippen MR) is 257 cm³/mol. The van der Waals surface area contributed by atoms with Gasteiger partial charge in [0.2, 0.25) is 0 Å². The fourth-order valence-corrected chi connectivity index (χ4v) is 8.58. The summed E-state index contributed by atoms with van der Waals surface area (Å²) in [4.78, 5) is 19.9. The zero-order chi connectivity index (χ0) is 42.9. The molecule has 1 aliphatic rings. The van der Waals surface area contributed by atoms with Crippen LogP contribution in [-0.2, 0) is 7.05 Å². The van der Waals surface area contributed by atoms with Crippen molar-refractivity contribution >= 4 is 49.2 Å². The van der Waals surface area contributed by atoms with E-state index in [0.29, 0.717) is 0 Å². The van der Waals surface area contributed by atoms with E-state index in [9.17, 15) is 0 Å². The highest BCUT2D eigenvalue weighted by atomic mass is 15.1. The molecule has 11 nitrogen and oxygen atoms in total. The van der Waals surface area contributed by atoms with Gasteiger partial charge in [-0.15, -0.1) is 0 Å². The SMILES string of the molecule is C1=C(c2ccc3[nH]nc(-c4cc5c(-c6ccncc6)cccc5[nH]4)c3c2)CCNC1.CC.Cc1ncc(-c2ccc3[nH]nc(-c4cc5c(-c6ccncc6)cccc5[nH]4)c3c2)n1C. The van der Waals surface area contributed by atoms with Crippen LogP contribution in [0.1, 0.15) is 31.7 Å². The fraction of sp³-hybridized carbons (Fsp3) is 0.135. The summed E-state index contributed by atoms with van der Waals surface area (Å²) in [7, 11) is 2.04. The third kappa shape index (κ3) is 7.38. The van der Waals surface area contributed by atoms with Crippen LogP contribution in [0, 0.1) is 6.92 Å². The zero-order valence-electron chi connectivity index (χ0n) is 35.7. The third-order valence-corrected chi connectivity index (χ3v) is 11.9. The number of aromatic nitrogens is 10. The number of hydrogen-bond donors (Lipinski definition) is 5. The Morgan fingerprint density at radius 3 is 1.60 bits per heavy atom. The molecular formula is C52H47N11. The lowest BCUT2D eigenvalue weighted by Gasteiger charge is -2.14. The number of rotatable bonds is 6. The minimum absolute atomic E-state index is 0.910. The standard InChI is InChI=1S/C25H20N6.C25H21N5.C2H6/c1-15-27-14-24(31(15)2)17-6-7-22-20(12-17)25(30-29-22)23-13-19-18(4-3-5-21(19)28-23)16-8-10-26-11-9-16;1-2-19(17-8-12-27-13-9-17)20-15-24(28-22(20)3-1)25-21-14-18(4-5-23(21)29-30-25)16-6-10-26-11-7-16;1-2/h3-14,28H,1-2H3,(H,29,30);1-6,8-9,12-15,26,28H,7,10-11H2,(H,29,30);1-2H3. The van der Waals surface area contributed by atoms with Gasteiger partial charge in [-0.3, -0.25) is 20.2 Å². The minimum Gasteiger partial charge on any atom is -0.353 e. The first-order valence-electron chi connectivity index (χ1n) is 21.5. The van der Waals surface area contributed by atoms with E-state index in [1.807, 2.05) is 83.1 Å². The minimum atomic E-state index is 0.910. The largest absolute Gasteiger partial charge is 0.353 e. The van der Waals surface area contributed by atoms with Crippen molar-refractivity contribution in [1.29, 1.82) is 0 Å². The summed E-state index contributed by atoms with van der Waals surface area (Å²) in [5.74, 6) is 0.988. The van der Waals surface area contributed by atoms with Crippen LogP contribution in [0.4, 0.5) is 0 Å². The molecule has 11 aromatic rings. The van der Waals surface area contributed by atoms with Gasteiger partial charge in [-0.25, -0.2) is 4.98 Å². The Bertz CT molecular complexity index is 3400. The number of benzene rings is 4. The number of hydrogen-bond acceptors (Lipinski definition) is 6. The molecule has 0 spiro atoms. The normalized spacial score (nSPS) is 12.6. The summed E-state index contributed by atoms with van der Waals surface area (Å²) in [6.45, 7) is 7.98. The van der Waals surface area contributed by atoms with Gasteiger partial charge >= 0.3 is 0 Å². The van der Waals surface area contributed by atoms with Crippen molar-refractivity contribution < 1.29 is 0 Å². The fourth-order valence-electron chi connectivity index (χ4n) is 8.58. The van der Waals surface area contributed by atoms with Crippen LogP contribution in [0.2, 0.25) is 0 Å². The molecule has 63 heavy (non-hydrogen) atoms. The van der Waals surface area contributed by atoms with Crippen molar-refractivity contribution in [2.45, 2.75) is 27.2 Å². The molecule has 7 aromatic heterocycles. The molecule has 11 heteroatoms. The summed E-state index contributed by atoms with van der Waals surface area (Å²) < 4.78 is 2.10. The molecule has 12 rings (SSSR count). The maximum absolute atomic E-state index is 4.65. The summed E-state index contributed by atoms with van der Waals surface area (Å²) in [5.41, 5.74) is 17.7. The molecule has 0 amide bonds. The molecular weight excluding hydrogens is 779 g/mol. The van der Waals surface area contributed by atoms with E-state index in [1.165, 1.54) is 33.0 Å². The Labute approximate surface area is 364 Å². The van der Waals surface area contributed by atoms with E-state index in [2.05, 4.69) is 146 Å². The summed E-state index contributed by atoms with van der Waals surface area (Å²) >= 11 is 0. The molecule has 0 atom stereocenters. The van der Waals surface area contributed by atoms with Gasteiger partial charge in [-0.2, -0.15) is 10.2 Å². The van der Waals surface area contributed by atoms with Crippen LogP contribution >= 0.6 is 0 Å². The van der Waals surface area contributed by atoms with E-state index in [-0.39, 0.29) is 0 Å². The Kier molecular flexibility index (Phi) is 10.5.